The molecule has 1 unspecified atom stereocenters. The van der Waals surface area contributed by atoms with Crippen LogP contribution >= 0.6 is 0 Å². The number of methoxy groups -OCH3 is 1. The SMILES string of the molecule is COC(=O)[C@H]1CC(C2CCC2)CN1C(=O)OC(C)(C)C. The first-order chi connectivity index (χ1) is 9.31. The summed E-state index contributed by atoms with van der Waals surface area (Å²) in [6.07, 6.45) is 3.98. The van der Waals surface area contributed by atoms with Crippen LogP contribution in [0.2, 0.25) is 0 Å². The molecule has 5 nitrogen and oxygen atoms in total. The second kappa shape index (κ2) is 5.62. The normalized spacial score (nSPS) is 27.1. The maximum Gasteiger partial charge on any atom is 0.411 e. The monoisotopic (exact) mass is 283 g/mol. The summed E-state index contributed by atoms with van der Waals surface area (Å²) in [5, 5.41) is 0. The number of rotatable bonds is 2. The van der Waals surface area contributed by atoms with E-state index in [1.54, 1.807) is 4.90 Å². The number of esters is 1. The van der Waals surface area contributed by atoms with E-state index in [1.807, 2.05) is 20.8 Å². The van der Waals surface area contributed by atoms with Gasteiger partial charge in [0.15, 0.2) is 0 Å². The molecule has 2 atom stereocenters. The van der Waals surface area contributed by atoms with Gasteiger partial charge in [-0.25, -0.2) is 9.59 Å². The highest BCUT2D eigenvalue weighted by Crippen LogP contribution is 2.40. The molecule has 1 saturated carbocycles. The van der Waals surface area contributed by atoms with Crippen LogP contribution in [0.5, 0.6) is 0 Å². The standard InChI is InChI=1S/C15H25NO4/c1-15(2,3)20-14(18)16-9-11(10-6-5-7-10)8-12(16)13(17)19-4/h10-12H,5-9H2,1-4H3/t11?,12-/m1/s1. The minimum Gasteiger partial charge on any atom is -0.467 e. The minimum absolute atomic E-state index is 0.335. The predicted octanol–water partition coefficient (Wildman–Crippen LogP) is 2.59. The van der Waals surface area contributed by atoms with Crippen molar-refractivity contribution in [3.05, 3.63) is 0 Å². The summed E-state index contributed by atoms with van der Waals surface area (Å²) in [6.45, 7) is 6.10. The second-order valence-corrected chi connectivity index (χ2v) is 6.86. The third-order valence-electron chi connectivity index (χ3n) is 4.25. The first-order valence-electron chi connectivity index (χ1n) is 7.39. The molecule has 1 aliphatic carbocycles. The van der Waals surface area contributed by atoms with Crippen LogP contribution in [0.25, 0.3) is 0 Å². The minimum atomic E-state index is -0.549. The van der Waals surface area contributed by atoms with Crippen LogP contribution in [0.3, 0.4) is 0 Å². The van der Waals surface area contributed by atoms with E-state index in [0.29, 0.717) is 24.8 Å². The molecule has 0 aromatic rings. The van der Waals surface area contributed by atoms with Crippen molar-refractivity contribution in [1.82, 2.24) is 4.90 Å². The van der Waals surface area contributed by atoms with Crippen LogP contribution in [0.4, 0.5) is 4.79 Å². The fourth-order valence-corrected chi connectivity index (χ4v) is 3.00. The molecule has 0 radical (unpaired) electrons. The molecule has 5 heteroatoms. The molecular formula is C15H25NO4. The van der Waals surface area contributed by atoms with Crippen molar-refractivity contribution in [2.45, 2.75) is 58.1 Å². The molecule has 2 rings (SSSR count). The number of carbonyl (C=O) groups excluding carboxylic acids is 2. The Kier molecular flexibility index (Phi) is 4.25. The van der Waals surface area contributed by atoms with Gasteiger partial charge in [-0.1, -0.05) is 19.3 Å². The van der Waals surface area contributed by atoms with Crippen molar-refractivity contribution >= 4 is 12.1 Å². The zero-order chi connectivity index (χ0) is 14.9. The Morgan fingerprint density at radius 3 is 2.25 bits per heavy atom. The Bertz CT molecular complexity index is 384. The molecule has 0 aromatic carbocycles. The van der Waals surface area contributed by atoms with E-state index in [-0.39, 0.29) is 5.97 Å². The first kappa shape index (κ1) is 15.1. The first-order valence-corrected chi connectivity index (χ1v) is 7.39. The Hall–Kier alpha value is -1.26. The fraction of sp³-hybridized carbons (Fsp3) is 0.867. The Labute approximate surface area is 120 Å². The summed E-state index contributed by atoms with van der Waals surface area (Å²) in [7, 11) is 1.37. The number of nitrogens with zero attached hydrogens (tertiary/aromatic N) is 1. The molecule has 20 heavy (non-hydrogen) atoms. The van der Waals surface area contributed by atoms with Gasteiger partial charge in [0.2, 0.25) is 0 Å². The van der Waals surface area contributed by atoms with Gasteiger partial charge in [0.05, 0.1) is 7.11 Å². The van der Waals surface area contributed by atoms with E-state index in [0.717, 1.165) is 0 Å². The van der Waals surface area contributed by atoms with Crippen molar-refractivity contribution in [3.63, 3.8) is 0 Å². The Morgan fingerprint density at radius 2 is 1.80 bits per heavy atom. The van der Waals surface area contributed by atoms with Gasteiger partial charge in [0.1, 0.15) is 11.6 Å². The largest absolute Gasteiger partial charge is 0.467 e. The lowest BCUT2D eigenvalue weighted by atomic mass is 9.75. The molecule has 0 aromatic heterocycles. The maximum atomic E-state index is 12.3. The van der Waals surface area contributed by atoms with E-state index >= 15 is 0 Å². The quantitative estimate of drug-likeness (QED) is 0.731. The summed E-state index contributed by atoms with van der Waals surface area (Å²) in [5.41, 5.74) is -0.549. The topological polar surface area (TPSA) is 55.8 Å². The number of carbonyl (C=O) groups is 2. The van der Waals surface area contributed by atoms with Crippen LogP contribution in [-0.4, -0.2) is 42.3 Å². The number of hydrogen-bond acceptors (Lipinski definition) is 4. The van der Waals surface area contributed by atoms with Crippen molar-refractivity contribution < 1.29 is 19.1 Å². The van der Waals surface area contributed by atoms with Gasteiger partial charge in [-0.3, -0.25) is 4.90 Å². The van der Waals surface area contributed by atoms with Crippen molar-refractivity contribution in [2.24, 2.45) is 11.8 Å². The van der Waals surface area contributed by atoms with E-state index in [2.05, 4.69) is 0 Å². The second-order valence-electron chi connectivity index (χ2n) is 6.86. The van der Waals surface area contributed by atoms with Gasteiger partial charge in [-0.2, -0.15) is 0 Å². The van der Waals surface area contributed by atoms with E-state index in [1.165, 1.54) is 26.4 Å². The number of ether oxygens (including phenoxy) is 2. The van der Waals surface area contributed by atoms with Crippen molar-refractivity contribution in [1.29, 1.82) is 0 Å². The summed E-state index contributed by atoms with van der Waals surface area (Å²) >= 11 is 0. The van der Waals surface area contributed by atoms with Crippen LogP contribution < -0.4 is 0 Å². The van der Waals surface area contributed by atoms with Crippen molar-refractivity contribution in [3.8, 4) is 0 Å². The van der Waals surface area contributed by atoms with Crippen LogP contribution in [0.1, 0.15) is 46.5 Å². The lowest BCUT2D eigenvalue weighted by Crippen LogP contribution is -2.44. The highest BCUT2D eigenvalue weighted by Gasteiger charge is 2.45. The highest BCUT2D eigenvalue weighted by atomic mass is 16.6. The van der Waals surface area contributed by atoms with Gasteiger partial charge in [-0.05, 0) is 39.0 Å². The maximum absolute atomic E-state index is 12.3. The lowest BCUT2D eigenvalue weighted by Gasteiger charge is -2.31. The summed E-state index contributed by atoms with van der Waals surface area (Å²) in [4.78, 5) is 25.7. The van der Waals surface area contributed by atoms with Gasteiger partial charge >= 0.3 is 12.1 Å². The Morgan fingerprint density at radius 1 is 1.15 bits per heavy atom. The summed E-state index contributed by atoms with van der Waals surface area (Å²) < 4.78 is 10.2. The zero-order valence-corrected chi connectivity index (χ0v) is 12.8. The van der Waals surface area contributed by atoms with Crippen LogP contribution in [0, 0.1) is 11.8 Å². The molecule has 0 N–H and O–H groups in total. The number of hydrogen-bond donors (Lipinski definition) is 0. The Balaban J connectivity index is 2.06. The molecular weight excluding hydrogens is 258 g/mol. The smallest absolute Gasteiger partial charge is 0.411 e. The molecule has 1 aliphatic heterocycles. The van der Waals surface area contributed by atoms with E-state index in [9.17, 15) is 9.59 Å². The highest BCUT2D eigenvalue weighted by molar-refractivity contribution is 5.82. The van der Waals surface area contributed by atoms with Crippen molar-refractivity contribution in [2.75, 3.05) is 13.7 Å². The number of amides is 1. The van der Waals surface area contributed by atoms with Crippen LogP contribution in [-0.2, 0) is 14.3 Å². The molecule has 0 bridgehead atoms. The number of likely N-dealkylation sites (tertiary alicyclic amines) is 1. The van der Waals surface area contributed by atoms with E-state index < -0.39 is 17.7 Å². The van der Waals surface area contributed by atoms with E-state index in [4.69, 9.17) is 9.47 Å². The zero-order valence-electron chi connectivity index (χ0n) is 12.8. The predicted molar refractivity (Wildman–Crippen MR) is 74.2 cm³/mol. The average Bonchev–Trinajstić information content (AvgIpc) is 2.68. The fourth-order valence-electron chi connectivity index (χ4n) is 3.00. The molecule has 0 spiro atoms. The van der Waals surface area contributed by atoms with Gasteiger partial charge in [-0.15, -0.1) is 0 Å². The molecule has 1 amide bonds. The summed E-state index contributed by atoms with van der Waals surface area (Å²) in [5.74, 6) is 0.715. The third kappa shape index (κ3) is 3.25. The molecule has 2 aliphatic rings. The summed E-state index contributed by atoms with van der Waals surface area (Å²) in [6, 6.07) is -0.486. The molecule has 114 valence electrons. The molecule has 1 saturated heterocycles. The van der Waals surface area contributed by atoms with Gasteiger partial charge < -0.3 is 9.47 Å². The third-order valence-corrected chi connectivity index (χ3v) is 4.25. The molecule has 2 fully saturated rings. The average molecular weight is 283 g/mol. The van der Waals surface area contributed by atoms with Crippen LogP contribution in [0.15, 0.2) is 0 Å². The molecule has 1 heterocycles. The lowest BCUT2D eigenvalue weighted by molar-refractivity contribution is -0.145. The van der Waals surface area contributed by atoms with Gasteiger partial charge in [0.25, 0.3) is 0 Å². The van der Waals surface area contributed by atoms with Gasteiger partial charge in [0, 0.05) is 6.54 Å².